The second-order valence-electron chi connectivity index (χ2n) is 22.1. The Kier molecular flexibility index (Phi) is 50.6. The van der Waals surface area contributed by atoms with Crippen molar-refractivity contribution in [1.29, 1.82) is 0 Å². The molecule has 0 bridgehead atoms. The molecular weight excluding hydrogens is 1040 g/mol. The minimum atomic E-state index is -4.94. The van der Waals surface area contributed by atoms with Crippen molar-refractivity contribution in [1.82, 2.24) is 0 Å². The molecule has 0 aliphatic carbocycles. The number of hydrogen-bond donors (Lipinski definition) is 3. The molecule has 462 valence electrons. The van der Waals surface area contributed by atoms with E-state index in [4.69, 9.17) is 37.0 Å². The fourth-order valence-electron chi connectivity index (χ4n) is 8.61. The molecule has 3 unspecified atom stereocenters. The van der Waals surface area contributed by atoms with Gasteiger partial charge in [-0.15, -0.1) is 0 Å². The third kappa shape index (κ3) is 52.2. The Balaban J connectivity index is 5.22. The van der Waals surface area contributed by atoms with Crippen LogP contribution in [0.2, 0.25) is 0 Å². The number of carbonyl (C=O) groups is 4. The van der Waals surface area contributed by atoms with Crippen molar-refractivity contribution in [2.75, 3.05) is 39.6 Å². The molecule has 3 N–H and O–H groups in total. The van der Waals surface area contributed by atoms with E-state index < -0.39 is 97.5 Å². The average Bonchev–Trinajstić information content (AvgIpc) is 3.40. The highest BCUT2D eigenvalue weighted by Crippen LogP contribution is 2.45. The van der Waals surface area contributed by atoms with Gasteiger partial charge in [0.25, 0.3) is 0 Å². The van der Waals surface area contributed by atoms with Gasteiger partial charge in [0.2, 0.25) is 0 Å². The predicted octanol–water partition coefficient (Wildman–Crippen LogP) is 15.7. The molecule has 0 radical (unpaired) electrons. The summed E-state index contributed by atoms with van der Waals surface area (Å²) in [6, 6.07) is 0. The number of carbonyl (C=O) groups excluding carboxylic acids is 4. The number of unbranched alkanes of at least 4 members (excludes halogenated alkanes) is 27. The average molecular weight is 1160 g/mol. The molecule has 0 amide bonds. The van der Waals surface area contributed by atoms with Gasteiger partial charge in [-0.25, -0.2) is 9.13 Å². The standard InChI is InChI=1S/C59H114O17P2/c1-7-10-12-14-16-17-18-19-20-22-31-37-43-58(63)75-54(48-70-57(62)42-36-30-26-24-28-34-40-52(6)9-3)49-73-77(65,66)71-45-53(60)46-72-78(67,68)74-50-55(47-69-56(61)41-35-29-21-15-13-11-8-2)76-59(64)44-38-32-25-23-27-33-39-51(4)5/h51-55,60H,7-50H2,1-6H3,(H,65,66)(H,67,68)/t52?,53-,54-,55-/m1/s1. The van der Waals surface area contributed by atoms with Crippen LogP contribution in [-0.2, 0) is 65.4 Å². The van der Waals surface area contributed by atoms with Gasteiger partial charge in [-0.05, 0) is 37.5 Å². The van der Waals surface area contributed by atoms with E-state index >= 15 is 0 Å². The van der Waals surface area contributed by atoms with Gasteiger partial charge in [0, 0.05) is 25.7 Å². The Morgan fingerprint density at radius 3 is 0.974 bits per heavy atom. The molecular formula is C59H114O17P2. The second-order valence-corrected chi connectivity index (χ2v) is 25.0. The predicted molar refractivity (Wildman–Crippen MR) is 308 cm³/mol. The molecule has 0 aromatic carbocycles. The summed E-state index contributed by atoms with van der Waals surface area (Å²) in [6.45, 7) is 9.28. The molecule has 0 spiro atoms. The van der Waals surface area contributed by atoms with Crippen LogP contribution in [0.3, 0.4) is 0 Å². The summed E-state index contributed by atoms with van der Waals surface area (Å²) in [6.07, 6.45) is 32.3. The number of hydrogen-bond acceptors (Lipinski definition) is 15. The van der Waals surface area contributed by atoms with E-state index in [0.717, 1.165) is 115 Å². The largest absolute Gasteiger partial charge is 0.472 e. The van der Waals surface area contributed by atoms with Crippen LogP contribution in [0.4, 0.5) is 0 Å². The van der Waals surface area contributed by atoms with E-state index in [-0.39, 0.29) is 25.7 Å². The van der Waals surface area contributed by atoms with Crippen molar-refractivity contribution in [2.24, 2.45) is 11.8 Å². The molecule has 0 saturated carbocycles. The second kappa shape index (κ2) is 51.9. The van der Waals surface area contributed by atoms with E-state index in [1.165, 1.54) is 83.5 Å². The number of rotatable bonds is 58. The number of aliphatic hydroxyl groups excluding tert-OH is 1. The van der Waals surface area contributed by atoms with Gasteiger partial charge >= 0.3 is 39.5 Å². The van der Waals surface area contributed by atoms with Crippen LogP contribution in [0.1, 0.15) is 286 Å². The Bertz CT molecular complexity index is 1550. The summed E-state index contributed by atoms with van der Waals surface area (Å²) in [5, 5.41) is 10.5. The van der Waals surface area contributed by atoms with Gasteiger partial charge in [0.1, 0.15) is 19.3 Å². The molecule has 0 heterocycles. The highest BCUT2D eigenvalue weighted by Gasteiger charge is 2.30. The van der Waals surface area contributed by atoms with Crippen LogP contribution >= 0.6 is 15.6 Å². The first-order valence-corrected chi connectivity index (χ1v) is 34.0. The van der Waals surface area contributed by atoms with Crippen LogP contribution in [0, 0.1) is 11.8 Å². The maximum absolute atomic E-state index is 12.9. The SMILES string of the molecule is CCCCCCCCCCCCCCC(=O)O[C@H](COC(=O)CCCCCCCCC(C)CC)COP(=O)(O)OC[C@@H](O)COP(=O)(O)OC[C@@H](COC(=O)CCCCCCCCC)OC(=O)CCCCCCCCC(C)C. The number of aliphatic hydroxyl groups is 1. The van der Waals surface area contributed by atoms with Gasteiger partial charge in [-0.2, -0.15) is 0 Å². The molecule has 0 aromatic heterocycles. The quantitative estimate of drug-likeness (QED) is 0.0222. The molecule has 0 fully saturated rings. The molecule has 6 atom stereocenters. The fourth-order valence-corrected chi connectivity index (χ4v) is 10.2. The Hall–Kier alpha value is -1.94. The summed E-state index contributed by atoms with van der Waals surface area (Å²) < 4.78 is 67.6. The zero-order valence-corrected chi connectivity index (χ0v) is 51.7. The smallest absolute Gasteiger partial charge is 0.462 e. The van der Waals surface area contributed by atoms with Crippen LogP contribution in [0.15, 0.2) is 0 Å². The van der Waals surface area contributed by atoms with Crippen molar-refractivity contribution < 1.29 is 80.2 Å². The molecule has 0 saturated heterocycles. The van der Waals surface area contributed by atoms with Gasteiger partial charge in [0.15, 0.2) is 12.2 Å². The molecule has 0 rings (SSSR count). The number of phosphoric acid groups is 2. The molecule has 0 aliphatic rings. The lowest BCUT2D eigenvalue weighted by atomic mass is 10.00. The first-order valence-electron chi connectivity index (χ1n) is 31.0. The van der Waals surface area contributed by atoms with Crippen molar-refractivity contribution in [3.63, 3.8) is 0 Å². The first kappa shape index (κ1) is 76.1. The zero-order valence-electron chi connectivity index (χ0n) is 50.0. The van der Waals surface area contributed by atoms with Crippen molar-refractivity contribution in [3.8, 4) is 0 Å². The number of ether oxygens (including phenoxy) is 4. The molecule has 0 aliphatic heterocycles. The lowest BCUT2D eigenvalue weighted by Crippen LogP contribution is -2.30. The van der Waals surface area contributed by atoms with Crippen molar-refractivity contribution in [2.45, 2.75) is 304 Å². The number of phosphoric ester groups is 2. The normalized spacial score (nSPS) is 14.8. The maximum atomic E-state index is 12.9. The van der Waals surface area contributed by atoms with E-state index in [0.29, 0.717) is 31.6 Å². The minimum absolute atomic E-state index is 0.101. The molecule has 19 heteroatoms. The van der Waals surface area contributed by atoms with Gasteiger partial charge < -0.3 is 33.8 Å². The van der Waals surface area contributed by atoms with Gasteiger partial charge in [-0.1, -0.05) is 234 Å². The van der Waals surface area contributed by atoms with E-state index in [2.05, 4.69) is 41.5 Å². The van der Waals surface area contributed by atoms with Crippen molar-refractivity contribution in [3.05, 3.63) is 0 Å². The maximum Gasteiger partial charge on any atom is 0.472 e. The highest BCUT2D eigenvalue weighted by atomic mass is 31.2. The van der Waals surface area contributed by atoms with Crippen LogP contribution in [-0.4, -0.2) is 96.7 Å². The summed E-state index contributed by atoms with van der Waals surface area (Å²) in [5.74, 6) is -0.749. The summed E-state index contributed by atoms with van der Waals surface area (Å²) in [5.41, 5.74) is 0. The molecule has 0 aromatic rings. The minimum Gasteiger partial charge on any atom is -0.462 e. The Labute approximate surface area is 473 Å². The Morgan fingerprint density at radius 1 is 0.372 bits per heavy atom. The zero-order chi connectivity index (χ0) is 58.0. The lowest BCUT2D eigenvalue weighted by Gasteiger charge is -2.21. The fraction of sp³-hybridized carbons (Fsp3) is 0.932. The van der Waals surface area contributed by atoms with Gasteiger partial charge in [0.05, 0.1) is 26.4 Å². The summed E-state index contributed by atoms with van der Waals surface area (Å²) >= 11 is 0. The monoisotopic (exact) mass is 1160 g/mol. The first-order chi connectivity index (χ1) is 37.4. The van der Waals surface area contributed by atoms with Crippen LogP contribution < -0.4 is 0 Å². The highest BCUT2D eigenvalue weighted by molar-refractivity contribution is 7.47. The summed E-state index contributed by atoms with van der Waals surface area (Å²) in [4.78, 5) is 71.8. The molecule has 17 nitrogen and oxygen atoms in total. The number of esters is 4. The summed E-state index contributed by atoms with van der Waals surface area (Å²) in [7, 11) is -9.87. The van der Waals surface area contributed by atoms with Crippen LogP contribution in [0.5, 0.6) is 0 Å². The van der Waals surface area contributed by atoms with Crippen LogP contribution in [0.25, 0.3) is 0 Å². The van der Waals surface area contributed by atoms with E-state index in [1.54, 1.807) is 0 Å². The molecule has 78 heavy (non-hydrogen) atoms. The van der Waals surface area contributed by atoms with E-state index in [1.807, 2.05) is 0 Å². The lowest BCUT2D eigenvalue weighted by molar-refractivity contribution is -0.161. The third-order valence-corrected chi connectivity index (χ3v) is 15.7. The topological polar surface area (TPSA) is 237 Å². The van der Waals surface area contributed by atoms with E-state index in [9.17, 15) is 43.2 Å². The third-order valence-electron chi connectivity index (χ3n) is 13.8. The Morgan fingerprint density at radius 2 is 0.654 bits per heavy atom. The van der Waals surface area contributed by atoms with Gasteiger partial charge in [-0.3, -0.25) is 37.3 Å². The van der Waals surface area contributed by atoms with Crippen molar-refractivity contribution >= 4 is 39.5 Å².